The first-order chi connectivity index (χ1) is 13.5. The number of hydrogen-bond acceptors (Lipinski definition) is 5. The van der Waals surface area contributed by atoms with Gasteiger partial charge in [0, 0.05) is 28.9 Å². The Kier molecular flexibility index (Phi) is 4.50. The number of halogens is 1. The summed E-state index contributed by atoms with van der Waals surface area (Å²) >= 11 is 6.08. The molecule has 3 aromatic rings. The number of amides is 1. The first kappa shape index (κ1) is 17.7. The van der Waals surface area contributed by atoms with E-state index in [2.05, 4.69) is 10.3 Å². The van der Waals surface area contributed by atoms with Crippen LogP contribution in [0.2, 0.25) is 5.02 Å². The SMILES string of the molecule is O=C1Nc2ccccc2Oc2ccc(/N=C/c3cc([N+](=O)[O-])ccc3Cl)cc21. The Bertz CT molecular complexity index is 1140. The first-order valence-corrected chi connectivity index (χ1v) is 8.59. The Hall–Kier alpha value is -3.71. The molecule has 0 atom stereocenters. The van der Waals surface area contributed by atoms with E-state index in [1.54, 1.807) is 36.4 Å². The van der Waals surface area contributed by atoms with E-state index in [0.29, 0.717) is 39.0 Å². The summed E-state index contributed by atoms with van der Waals surface area (Å²) in [4.78, 5) is 27.2. The minimum absolute atomic E-state index is 0.0849. The van der Waals surface area contributed by atoms with Gasteiger partial charge in [-0.25, -0.2) is 0 Å². The average Bonchev–Trinajstić information content (AvgIpc) is 2.82. The number of nitrogens with zero attached hydrogens (tertiary/aromatic N) is 2. The number of para-hydroxylation sites is 2. The van der Waals surface area contributed by atoms with Crippen LogP contribution < -0.4 is 10.1 Å². The van der Waals surface area contributed by atoms with E-state index in [1.165, 1.54) is 24.4 Å². The second-order valence-corrected chi connectivity index (χ2v) is 6.36. The van der Waals surface area contributed by atoms with Crippen molar-refractivity contribution in [2.24, 2.45) is 4.99 Å². The van der Waals surface area contributed by atoms with Crippen molar-refractivity contribution < 1.29 is 14.5 Å². The number of anilines is 1. The van der Waals surface area contributed by atoms with Gasteiger partial charge >= 0.3 is 0 Å². The van der Waals surface area contributed by atoms with Crippen molar-refractivity contribution in [3.63, 3.8) is 0 Å². The predicted molar refractivity (Wildman–Crippen MR) is 106 cm³/mol. The van der Waals surface area contributed by atoms with Gasteiger partial charge in [-0.15, -0.1) is 0 Å². The zero-order chi connectivity index (χ0) is 19.7. The highest BCUT2D eigenvalue weighted by Gasteiger charge is 2.20. The number of carbonyl (C=O) groups excluding carboxylic acids is 1. The molecule has 1 aliphatic rings. The highest BCUT2D eigenvalue weighted by atomic mass is 35.5. The Morgan fingerprint density at radius 2 is 1.89 bits per heavy atom. The van der Waals surface area contributed by atoms with E-state index in [0.717, 1.165) is 0 Å². The summed E-state index contributed by atoms with van der Waals surface area (Å²) in [5.41, 5.74) is 1.70. The summed E-state index contributed by atoms with van der Waals surface area (Å²) in [6, 6.07) is 16.1. The number of non-ortho nitro benzene ring substituents is 1. The van der Waals surface area contributed by atoms with Crippen molar-refractivity contribution in [3.05, 3.63) is 86.9 Å². The van der Waals surface area contributed by atoms with Gasteiger partial charge in [-0.3, -0.25) is 19.9 Å². The van der Waals surface area contributed by atoms with Crippen molar-refractivity contribution in [3.8, 4) is 11.5 Å². The van der Waals surface area contributed by atoms with Crippen LogP contribution in [0.4, 0.5) is 17.1 Å². The number of hydrogen-bond donors (Lipinski definition) is 1. The standard InChI is InChI=1S/C20H12ClN3O4/c21-16-7-6-14(24(26)27)9-12(16)11-22-13-5-8-18-15(10-13)20(25)23-17-3-1-2-4-19(17)28-18/h1-11H,(H,23,25)/b22-11+. The van der Waals surface area contributed by atoms with Gasteiger partial charge in [0.05, 0.1) is 21.9 Å². The molecule has 0 radical (unpaired) electrons. The zero-order valence-electron chi connectivity index (χ0n) is 14.3. The highest BCUT2D eigenvalue weighted by Crippen LogP contribution is 2.36. The van der Waals surface area contributed by atoms with Gasteiger partial charge in [-0.05, 0) is 36.4 Å². The van der Waals surface area contributed by atoms with Crippen LogP contribution >= 0.6 is 11.6 Å². The maximum absolute atomic E-state index is 12.5. The van der Waals surface area contributed by atoms with Gasteiger partial charge < -0.3 is 10.1 Å². The number of carbonyl (C=O) groups is 1. The molecule has 1 N–H and O–H groups in total. The number of benzene rings is 3. The van der Waals surface area contributed by atoms with E-state index in [9.17, 15) is 14.9 Å². The Balaban J connectivity index is 1.66. The maximum Gasteiger partial charge on any atom is 0.270 e. The molecule has 28 heavy (non-hydrogen) atoms. The third-order valence-electron chi connectivity index (χ3n) is 4.11. The fourth-order valence-corrected chi connectivity index (χ4v) is 2.89. The van der Waals surface area contributed by atoms with Crippen LogP contribution in [0.1, 0.15) is 15.9 Å². The Labute approximate surface area is 164 Å². The number of aliphatic imine (C=N–C) groups is 1. The fourth-order valence-electron chi connectivity index (χ4n) is 2.72. The first-order valence-electron chi connectivity index (χ1n) is 8.21. The molecule has 3 aromatic carbocycles. The minimum atomic E-state index is -0.505. The molecule has 0 saturated heterocycles. The molecular weight excluding hydrogens is 382 g/mol. The molecule has 4 rings (SSSR count). The lowest BCUT2D eigenvalue weighted by atomic mass is 10.1. The lowest BCUT2D eigenvalue weighted by molar-refractivity contribution is -0.384. The molecule has 1 aliphatic heterocycles. The van der Waals surface area contributed by atoms with Crippen LogP contribution in [0.25, 0.3) is 0 Å². The number of nitro groups is 1. The molecule has 1 heterocycles. The monoisotopic (exact) mass is 393 g/mol. The third kappa shape index (κ3) is 3.43. The number of nitro benzene ring substituents is 1. The molecule has 7 nitrogen and oxygen atoms in total. The normalized spacial score (nSPS) is 12.5. The van der Waals surface area contributed by atoms with Crippen LogP contribution in [-0.4, -0.2) is 17.0 Å². The van der Waals surface area contributed by atoms with E-state index in [1.807, 2.05) is 6.07 Å². The summed E-state index contributed by atoms with van der Waals surface area (Å²) in [6.45, 7) is 0. The van der Waals surface area contributed by atoms with Crippen molar-refractivity contribution >= 4 is 40.8 Å². The number of rotatable bonds is 3. The molecule has 0 bridgehead atoms. The number of fused-ring (bicyclic) bond motifs is 2. The van der Waals surface area contributed by atoms with E-state index in [4.69, 9.17) is 16.3 Å². The largest absolute Gasteiger partial charge is 0.454 e. The number of ether oxygens (including phenoxy) is 1. The second kappa shape index (κ2) is 7.13. The molecule has 8 heteroatoms. The summed E-state index contributed by atoms with van der Waals surface area (Å²) in [5.74, 6) is 0.648. The molecule has 0 fully saturated rings. The van der Waals surface area contributed by atoms with Crippen LogP contribution in [-0.2, 0) is 0 Å². The van der Waals surface area contributed by atoms with Crippen LogP contribution in [0.5, 0.6) is 11.5 Å². The zero-order valence-corrected chi connectivity index (χ0v) is 15.0. The van der Waals surface area contributed by atoms with Gasteiger partial charge in [0.1, 0.15) is 5.75 Å². The third-order valence-corrected chi connectivity index (χ3v) is 4.45. The van der Waals surface area contributed by atoms with Crippen molar-refractivity contribution in [2.75, 3.05) is 5.32 Å². The minimum Gasteiger partial charge on any atom is -0.454 e. The molecule has 0 saturated carbocycles. The van der Waals surface area contributed by atoms with Gasteiger partial charge in [0.15, 0.2) is 5.75 Å². The molecular formula is C20H12ClN3O4. The van der Waals surface area contributed by atoms with Gasteiger partial charge in [-0.1, -0.05) is 23.7 Å². The number of nitrogens with one attached hydrogen (secondary N) is 1. The highest BCUT2D eigenvalue weighted by molar-refractivity contribution is 6.33. The summed E-state index contributed by atoms with van der Waals surface area (Å²) in [6.07, 6.45) is 1.42. The van der Waals surface area contributed by atoms with Crippen molar-refractivity contribution in [1.29, 1.82) is 0 Å². The predicted octanol–water partition coefficient (Wildman–Crippen LogP) is 5.36. The summed E-state index contributed by atoms with van der Waals surface area (Å²) < 4.78 is 5.82. The van der Waals surface area contributed by atoms with Gasteiger partial charge in [0.2, 0.25) is 0 Å². The van der Waals surface area contributed by atoms with Gasteiger partial charge in [-0.2, -0.15) is 0 Å². The molecule has 138 valence electrons. The topological polar surface area (TPSA) is 93.8 Å². The molecule has 1 amide bonds. The second-order valence-electron chi connectivity index (χ2n) is 5.95. The molecule has 0 unspecified atom stereocenters. The van der Waals surface area contributed by atoms with Crippen molar-refractivity contribution in [1.82, 2.24) is 0 Å². The molecule has 0 aromatic heterocycles. The summed E-state index contributed by atoms with van der Waals surface area (Å²) in [7, 11) is 0. The lowest BCUT2D eigenvalue weighted by Gasteiger charge is -2.07. The Morgan fingerprint density at radius 3 is 2.71 bits per heavy atom. The molecule has 0 aliphatic carbocycles. The van der Waals surface area contributed by atoms with Crippen LogP contribution in [0.15, 0.2) is 65.7 Å². The van der Waals surface area contributed by atoms with E-state index >= 15 is 0 Å². The quantitative estimate of drug-likeness (QED) is 0.368. The lowest BCUT2D eigenvalue weighted by Crippen LogP contribution is -2.10. The smallest absolute Gasteiger partial charge is 0.270 e. The molecule has 0 spiro atoms. The average molecular weight is 394 g/mol. The van der Waals surface area contributed by atoms with E-state index in [-0.39, 0.29) is 11.6 Å². The van der Waals surface area contributed by atoms with Gasteiger partial charge in [0.25, 0.3) is 11.6 Å². The van der Waals surface area contributed by atoms with Crippen LogP contribution in [0, 0.1) is 10.1 Å². The van der Waals surface area contributed by atoms with Crippen molar-refractivity contribution in [2.45, 2.75) is 0 Å². The Morgan fingerprint density at radius 1 is 1.07 bits per heavy atom. The van der Waals surface area contributed by atoms with Crippen LogP contribution in [0.3, 0.4) is 0 Å². The maximum atomic E-state index is 12.5. The van der Waals surface area contributed by atoms with E-state index < -0.39 is 4.92 Å². The summed E-state index contributed by atoms with van der Waals surface area (Å²) in [5, 5.41) is 14.1. The fraction of sp³-hybridized carbons (Fsp3) is 0.